The number of carbonyl (C=O) groups is 1. The van der Waals surface area contributed by atoms with Crippen molar-refractivity contribution in [2.24, 2.45) is 0 Å². The van der Waals surface area contributed by atoms with Crippen LogP contribution in [0, 0.1) is 0 Å². The molecule has 1 aromatic carbocycles. The summed E-state index contributed by atoms with van der Waals surface area (Å²) in [5, 5.41) is -0.0565. The number of hydrogen-bond donors (Lipinski definition) is 0. The van der Waals surface area contributed by atoms with Crippen molar-refractivity contribution in [1.82, 2.24) is 0 Å². The minimum Gasteiger partial charge on any atom is -0.456 e. The summed E-state index contributed by atoms with van der Waals surface area (Å²) < 4.78 is 6.05. The van der Waals surface area contributed by atoms with Gasteiger partial charge in [-0.05, 0) is 24.1 Å². The third kappa shape index (κ3) is 5.62. The second-order valence-electron chi connectivity index (χ2n) is 5.65. The largest absolute Gasteiger partial charge is 0.456 e. The molecule has 0 N–H and O–H groups in total. The SMILES string of the molecule is CCC(Cl)c1cccc(C(=O)OCC[N+](C)(C)C)c1. The van der Waals surface area contributed by atoms with Gasteiger partial charge in [0, 0.05) is 0 Å². The second kappa shape index (κ2) is 6.92. The highest BCUT2D eigenvalue weighted by Gasteiger charge is 2.13. The number of rotatable bonds is 6. The van der Waals surface area contributed by atoms with Crippen LogP contribution in [0.2, 0.25) is 0 Å². The molecular formula is C15H23ClNO2+. The van der Waals surface area contributed by atoms with Crippen molar-refractivity contribution in [3.05, 3.63) is 35.4 Å². The summed E-state index contributed by atoms with van der Waals surface area (Å²) in [5.41, 5.74) is 1.53. The molecule has 0 aliphatic carbocycles. The second-order valence-corrected chi connectivity index (χ2v) is 6.18. The molecule has 0 heterocycles. The van der Waals surface area contributed by atoms with E-state index in [9.17, 15) is 4.79 Å². The number of ether oxygens (including phenoxy) is 1. The van der Waals surface area contributed by atoms with Gasteiger partial charge in [-0.2, -0.15) is 0 Å². The molecule has 3 nitrogen and oxygen atoms in total. The lowest BCUT2D eigenvalue weighted by Gasteiger charge is -2.23. The van der Waals surface area contributed by atoms with Crippen molar-refractivity contribution in [1.29, 1.82) is 0 Å². The quantitative estimate of drug-likeness (QED) is 0.455. The molecule has 1 aromatic rings. The first-order valence-electron chi connectivity index (χ1n) is 6.55. The van der Waals surface area contributed by atoms with E-state index in [-0.39, 0.29) is 11.3 Å². The fourth-order valence-electron chi connectivity index (χ4n) is 1.59. The molecule has 0 saturated heterocycles. The molecule has 0 amide bonds. The molecule has 0 fully saturated rings. The maximum absolute atomic E-state index is 11.9. The summed E-state index contributed by atoms with van der Waals surface area (Å²) in [4.78, 5) is 11.9. The summed E-state index contributed by atoms with van der Waals surface area (Å²) >= 11 is 6.18. The Hall–Kier alpha value is -1.06. The Kier molecular flexibility index (Phi) is 5.83. The van der Waals surface area contributed by atoms with Crippen LogP contribution in [0.15, 0.2) is 24.3 Å². The lowest BCUT2D eigenvalue weighted by molar-refractivity contribution is -0.870. The highest BCUT2D eigenvalue weighted by Crippen LogP contribution is 2.24. The van der Waals surface area contributed by atoms with E-state index in [2.05, 4.69) is 21.1 Å². The maximum atomic E-state index is 11.9. The average Bonchev–Trinajstić information content (AvgIpc) is 2.36. The zero-order chi connectivity index (χ0) is 14.5. The van der Waals surface area contributed by atoms with Gasteiger partial charge in [-0.25, -0.2) is 4.79 Å². The van der Waals surface area contributed by atoms with Crippen LogP contribution in [-0.2, 0) is 4.74 Å². The third-order valence-corrected chi connectivity index (χ3v) is 3.40. The van der Waals surface area contributed by atoms with Crippen molar-refractivity contribution in [2.45, 2.75) is 18.7 Å². The van der Waals surface area contributed by atoms with Crippen molar-refractivity contribution in [3.63, 3.8) is 0 Å². The smallest absolute Gasteiger partial charge is 0.338 e. The number of benzene rings is 1. The first-order valence-corrected chi connectivity index (χ1v) is 6.98. The lowest BCUT2D eigenvalue weighted by Crippen LogP contribution is -2.38. The van der Waals surface area contributed by atoms with Gasteiger partial charge in [-0.1, -0.05) is 19.1 Å². The van der Waals surface area contributed by atoms with Gasteiger partial charge in [0.1, 0.15) is 13.2 Å². The summed E-state index contributed by atoms with van der Waals surface area (Å²) in [6, 6.07) is 7.35. The van der Waals surface area contributed by atoms with E-state index >= 15 is 0 Å². The van der Waals surface area contributed by atoms with Crippen LogP contribution in [0.4, 0.5) is 0 Å². The van der Waals surface area contributed by atoms with Crippen molar-refractivity contribution in [3.8, 4) is 0 Å². The summed E-state index contributed by atoms with van der Waals surface area (Å²) in [6.07, 6.45) is 0.835. The number of alkyl halides is 1. The highest BCUT2D eigenvalue weighted by molar-refractivity contribution is 6.20. The maximum Gasteiger partial charge on any atom is 0.338 e. The van der Waals surface area contributed by atoms with E-state index in [0.717, 1.165) is 23.0 Å². The number of likely N-dealkylation sites (N-methyl/N-ethyl adjacent to an activating group) is 1. The molecule has 0 radical (unpaired) electrons. The predicted octanol–water partition coefficient (Wildman–Crippen LogP) is 3.24. The van der Waals surface area contributed by atoms with Gasteiger partial charge >= 0.3 is 5.97 Å². The lowest BCUT2D eigenvalue weighted by atomic mass is 10.1. The van der Waals surface area contributed by atoms with Gasteiger partial charge in [0.2, 0.25) is 0 Å². The molecule has 0 bridgehead atoms. The molecule has 0 spiro atoms. The molecule has 1 unspecified atom stereocenters. The minimum absolute atomic E-state index is 0.0565. The van der Waals surface area contributed by atoms with Crippen LogP contribution in [0.5, 0.6) is 0 Å². The van der Waals surface area contributed by atoms with Crippen LogP contribution in [0.25, 0.3) is 0 Å². The van der Waals surface area contributed by atoms with Crippen LogP contribution < -0.4 is 0 Å². The monoisotopic (exact) mass is 284 g/mol. The van der Waals surface area contributed by atoms with E-state index in [0.29, 0.717) is 12.2 Å². The Balaban J connectivity index is 2.62. The topological polar surface area (TPSA) is 26.3 Å². The zero-order valence-electron chi connectivity index (χ0n) is 12.1. The Morgan fingerprint density at radius 3 is 2.63 bits per heavy atom. The van der Waals surface area contributed by atoms with Gasteiger partial charge < -0.3 is 9.22 Å². The van der Waals surface area contributed by atoms with E-state index in [4.69, 9.17) is 16.3 Å². The Labute approximate surface area is 120 Å². The summed E-state index contributed by atoms with van der Waals surface area (Å²) in [7, 11) is 6.19. The number of carbonyl (C=O) groups excluding carboxylic acids is 1. The molecule has 4 heteroatoms. The first-order chi connectivity index (χ1) is 8.83. The van der Waals surface area contributed by atoms with Crippen molar-refractivity contribution < 1.29 is 14.0 Å². The van der Waals surface area contributed by atoms with Crippen molar-refractivity contribution in [2.75, 3.05) is 34.3 Å². The highest BCUT2D eigenvalue weighted by atomic mass is 35.5. The predicted molar refractivity (Wildman–Crippen MR) is 78.5 cm³/mol. The normalized spacial score (nSPS) is 13.1. The van der Waals surface area contributed by atoms with Gasteiger partial charge in [-0.3, -0.25) is 0 Å². The van der Waals surface area contributed by atoms with E-state index in [1.54, 1.807) is 6.07 Å². The van der Waals surface area contributed by atoms with E-state index in [1.165, 1.54) is 0 Å². The van der Waals surface area contributed by atoms with Gasteiger partial charge in [0.05, 0.1) is 32.1 Å². The fourth-order valence-corrected chi connectivity index (χ4v) is 1.73. The van der Waals surface area contributed by atoms with E-state index < -0.39 is 0 Å². The number of esters is 1. The summed E-state index contributed by atoms with van der Waals surface area (Å²) in [6.45, 7) is 3.23. The molecule has 0 saturated carbocycles. The van der Waals surface area contributed by atoms with Gasteiger partial charge in [0.25, 0.3) is 0 Å². The van der Waals surface area contributed by atoms with Crippen LogP contribution >= 0.6 is 11.6 Å². The molecule has 1 atom stereocenters. The van der Waals surface area contributed by atoms with Crippen molar-refractivity contribution >= 4 is 17.6 Å². The average molecular weight is 285 g/mol. The molecule has 1 rings (SSSR count). The molecule has 0 aromatic heterocycles. The number of quaternary nitrogens is 1. The Morgan fingerprint density at radius 1 is 1.37 bits per heavy atom. The third-order valence-electron chi connectivity index (χ3n) is 2.84. The van der Waals surface area contributed by atoms with Gasteiger partial charge in [-0.15, -0.1) is 11.6 Å². The Morgan fingerprint density at radius 2 is 2.05 bits per heavy atom. The van der Waals surface area contributed by atoms with Gasteiger partial charge in [0.15, 0.2) is 0 Å². The fraction of sp³-hybridized carbons (Fsp3) is 0.533. The van der Waals surface area contributed by atoms with Crippen LogP contribution in [0.1, 0.15) is 34.6 Å². The van der Waals surface area contributed by atoms with E-state index in [1.807, 2.05) is 25.1 Å². The first kappa shape index (κ1) is 16.0. The standard InChI is InChI=1S/C15H23ClNO2/c1-5-14(16)12-7-6-8-13(11-12)15(18)19-10-9-17(2,3)4/h6-8,11,14H,5,9-10H2,1-4H3/q+1. The molecule has 0 aliphatic rings. The molecular weight excluding hydrogens is 262 g/mol. The number of hydrogen-bond acceptors (Lipinski definition) is 2. The summed E-state index contributed by atoms with van der Waals surface area (Å²) in [5.74, 6) is -0.282. The zero-order valence-corrected chi connectivity index (χ0v) is 12.9. The van der Waals surface area contributed by atoms with Crippen LogP contribution in [-0.4, -0.2) is 44.7 Å². The molecule has 106 valence electrons. The number of halogens is 1. The molecule has 0 aliphatic heterocycles. The Bertz CT molecular complexity index is 426. The minimum atomic E-state index is -0.282. The molecule has 19 heavy (non-hydrogen) atoms. The number of nitrogens with zero attached hydrogens (tertiary/aromatic N) is 1. The van der Waals surface area contributed by atoms with Crippen LogP contribution in [0.3, 0.4) is 0 Å².